The molecule has 0 saturated carbocycles. The molecule has 0 aliphatic rings. The van der Waals surface area contributed by atoms with E-state index >= 15 is 0 Å². The second-order valence-corrected chi connectivity index (χ2v) is 5.16. The van der Waals surface area contributed by atoms with Crippen LogP contribution in [0.5, 0.6) is 0 Å². The second kappa shape index (κ2) is 6.73. The third kappa shape index (κ3) is 3.82. The standard InChI is InChI=1S/C15H20ClN3/c1-3-8-17-14(15-7-9-18-19(15)2)11-12-5-4-6-13(16)10-12/h4-7,9-10,14,17H,3,8,11H2,1-2H3. The molecule has 0 fully saturated rings. The highest BCUT2D eigenvalue weighted by Crippen LogP contribution is 2.20. The first-order valence-electron chi connectivity index (χ1n) is 6.66. The number of nitrogens with zero attached hydrogens (tertiary/aromatic N) is 2. The molecule has 0 aliphatic carbocycles. The summed E-state index contributed by atoms with van der Waals surface area (Å²) in [5, 5.41) is 8.62. The topological polar surface area (TPSA) is 29.9 Å². The Bertz CT molecular complexity index is 522. The van der Waals surface area contributed by atoms with E-state index in [-0.39, 0.29) is 6.04 Å². The number of benzene rings is 1. The van der Waals surface area contributed by atoms with Crippen LogP contribution < -0.4 is 5.32 Å². The summed E-state index contributed by atoms with van der Waals surface area (Å²) >= 11 is 6.05. The van der Waals surface area contributed by atoms with E-state index < -0.39 is 0 Å². The van der Waals surface area contributed by atoms with Gasteiger partial charge in [-0.3, -0.25) is 4.68 Å². The van der Waals surface area contributed by atoms with Gasteiger partial charge in [-0.15, -0.1) is 0 Å². The van der Waals surface area contributed by atoms with Gasteiger partial charge in [0.05, 0.1) is 11.7 Å². The number of aromatic nitrogens is 2. The van der Waals surface area contributed by atoms with E-state index in [0.29, 0.717) is 0 Å². The van der Waals surface area contributed by atoms with Crippen molar-refractivity contribution >= 4 is 11.6 Å². The van der Waals surface area contributed by atoms with Crippen molar-refractivity contribution in [3.05, 3.63) is 52.8 Å². The summed E-state index contributed by atoms with van der Waals surface area (Å²) in [6.45, 7) is 3.17. The van der Waals surface area contributed by atoms with E-state index in [1.807, 2.05) is 36.1 Å². The van der Waals surface area contributed by atoms with Crippen LogP contribution in [-0.2, 0) is 13.5 Å². The van der Waals surface area contributed by atoms with Crippen molar-refractivity contribution in [1.29, 1.82) is 0 Å². The Balaban J connectivity index is 2.16. The van der Waals surface area contributed by atoms with Crippen LogP contribution >= 0.6 is 11.6 Å². The molecular weight excluding hydrogens is 258 g/mol. The summed E-state index contributed by atoms with van der Waals surface area (Å²) in [6.07, 6.45) is 3.87. The zero-order valence-corrected chi connectivity index (χ0v) is 12.2. The van der Waals surface area contributed by atoms with Crippen LogP contribution in [0.2, 0.25) is 5.02 Å². The molecule has 3 nitrogen and oxygen atoms in total. The van der Waals surface area contributed by atoms with Crippen LogP contribution in [0.4, 0.5) is 0 Å². The smallest absolute Gasteiger partial charge is 0.0553 e. The van der Waals surface area contributed by atoms with Crippen LogP contribution in [0.25, 0.3) is 0 Å². The first-order valence-corrected chi connectivity index (χ1v) is 7.04. The molecular formula is C15H20ClN3. The molecule has 2 aromatic rings. The molecule has 1 unspecified atom stereocenters. The molecule has 0 aliphatic heterocycles. The predicted molar refractivity (Wildman–Crippen MR) is 79.4 cm³/mol. The van der Waals surface area contributed by atoms with Crippen molar-refractivity contribution in [2.75, 3.05) is 6.54 Å². The van der Waals surface area contributed by atoms with Gasteiger partial charge in [-0.25, -0.2) is 0 Å². The molecule has 4 heteroatoms. The lowest BCUT2D eigenvalue weighted by atomic mass is 10.0. The van der Waals surface area contributed by atoms with Crippen LogP contribution in [0.1, 0.15) is 30.6 Å². The quantitative estimate of drug-likeness (QED) is 0.877. The summed E-state index contributed by atoms with van der Waals surface area (Å²) in [5.74, 6) is 0. The molecule has 1 aromatic heterocycles. The highest BCUT2D eigenvalue weighted by Gasteiger charge is 2.14. The van der Waals surface area contributed by atoms with Crippen molar-refractivity contribution in [2.24, 2.45) is 7.05 Å². The molecule has 1 heterocycles. The molecule has 0 bridgehead atoms. The third-order valence-electron chi connectivity index (χ3n) is 3.19. The van der Waals surface area contributed by atoms with Crippen LogP contribution in [0, 0.1) is 0 Å². The van der Waals surface area contributed by atoms with Crippen LogP contribution in [0.15, 0.2) is 36.5 Å². The average molecular weight is 278 g/mol. The van der Waals surface area contributed by atoms with Gasteiger partial charge in [0.2, 0.25) is 0 Å². The van der Waals surface area contributed by atoms with Crippen molar-refractivity contribution in [1.82, 2.24) is 15.1 Å². The Labute approximate surface area is 119 Å². The van der Waals surface area contributed by atoms with E-state index in [4.69, 9.17) is 11.6 Å². The number of nitrogens with one attached hydrogen (secondary N) is 1. The molecule has 1 aromatic carbocycles. The highest BCUT2D eigenvalue weighted by molar-refractivity contribution is 6.30. The van der Waals surface area contributed by atoms with Gasteiger partial charge in [-0.2, -0.15) is 5.10 Å². The van der Waals surface area contributed by atoms with E-state index in [2.05, 4.69) is 29.5 Å². The first-order chi connectivity index (χ1) is 9.20. The molecule has 0 radical (unpaired) electrons. The number of rotatable bonds is 6. The fourth-order valence-corrected chi connectivity index (χ4v) is 2.44. The second-order valence-electron chi connectivity index (χ2n) is 4.72. The van der Waals surface area contributed by atoms with Crippen molar-refractivity contribution in [2.45, 2.75) is 25.8 Å². The van der Waals surface area contributed by atoms with Gasteiger partial charge < -0.3 is 5.32 Å². The normalized spacial score (nSPS) is 12.6. The fourth-order valence-electron chi connectivity index (χ4n) is 2.23. The monoisotopic (exact) mass is 277 g/mol. The number of halogens is 1. The largest absolute Gasteiger partial charge is 0.308 e. The lowest BCUT2D eigenvalue weighted by Gasteiger charge is -2.19. The number of hydrogen-bond acceptors (Lipinski definition) is 2. The Hall–Kier alpha value is -1.32. The van der Waals surface area contributed by atoms with E-state index in [0.717, 1.165) is 24.4 Å². The molecule has 1 N–H and O–H groups in total. The number of hydrogen-bond donors (Lipinski definition) is 1. The van der Waals surface area contributed by atoms with Gasteiger partial charge in [-0.1, -0.05) is 30.7 Å². The SMILES string of the molecule is CCCNC(Cc1cccc(Cl)c1)c1ccnn1C. The van der Waals surface area contributed by atoms with Crippen molar-refractivity contribution in [3.63, 3.8) is 0 Å². The van der Waals surface area contributed by atoms with Gasteiger partial charge in [0.15, 0.2) is 0 Å². The molecule has 19 heavy (non-hydrogen) atoms. The number of aryl methyl sites for hydroxylation is 1. The summed E-state index contributed by atoms with van der Waals surface area (Å²) in [4.78, 5) is 0. The van der Waals surface area contributed by atoms with Crippen molar-refractivity contribution in [3.8, 4) is 0 Å². The lowest BCUT2D eigenvalue weighted by Crippen LogP contribution is -2.26. The van der Waals surface area contributed by atoms with Gasteiger partial charge >= 0.3 is 0 Å². The Morgan fingerprint density at radius 2 is 2.21 bits per heavy atom. The molecule has 1 atom stereocenters. The summed E-state index contributed by atoms with van der Waals surface area (Å²) in [7, 11) is 1.98. The molecule has 2 rings (SSSR count). The zero-order chi connectivity index (χ0) is 13.7. The van der Waals surface area contributed by atoms with Crippen LogP contribution in [0.3, 0.4) is 0 Å². The van der Waals surface area contributed by atoms with Crippen LogP contribution in [-0.4, -0.2) is 16.3 Å². The zero-order valence-electron chi connectivity index (χ0n) is 11.4. The predicted octanol–water partition coefficient (Wildman–Crippen LogP) is 3.36. The maximum absolute atomic E-state index is 6.05. The maximum Gasteiger partial charge on any atom is 0.0553 e. The van der Waals surface area contributed by atoms with E-state index in [9.17, 15) is 0 Å². The summed E-state index contributed by atoms with van der Waals surface area (Å²) in [5.41, 5.74) is 2.44. The molecule has 0 amide bonds. The molecule has 102 valence electrons. The summed E-state index contributed by atoms with van der Waals surface area (Å²) in [6, 6.07) is 10.4. The van der Waals surface area contributed by atoms with Gasteiger partial charge in [0.1, 0.15) is 0 Å². The van der Waals surface area contributed by atoms with E-state index in [1.165, 1.54) is 11.3 Å². The van der Waals surface area contributed by atoms with Crippen molar-refractivity contribution < 1.29 is 0 Å². The minimum atomic E-state index is 0.269. The highest BCUT2D eigenvalue weighted by atomic mass is 35.5. The first kappa shape index (κ1) is 14.1. The fraction of sp³-hybridized carbons (Fsp3) is 0.400. The average Bonchev–Trinajstić information content (AvgIpc) is 2.81. The van der Waals surface area contributed by atoms with E-state index in [1.54, 1.807) is 0 Å². The Morgan fingerprint density at radius 1 is 1.37 bits per heavy atom. The minimum Gasteiger partial charge on any atom is -0.308 e. The van der Waals surface area contributed by atoms with Gasteiger partial charge in [0, 0.05) is 18.3 Å². The molecule has 0 spiro atoms. The summed E-state index contributed by atoms with van der Waals surface area (Å²) < 4.78 is 1.93. The Kier molecular flexibility index (Phi) is 5.00. The third-order valence-corrected chi connectivity index (χ3v) is 3.42. The maximum atomic E-state index is 6.05. The lowest BCUT2D eigenvalue weighted by molar-refractivity contribution is 0.493. The molecule has 0 saturated heterocycles. The minimum absolute atomic E-state index is 0.269. The Morgan fingerprint density at radius 3 is 2.84 bits per heavy atom. The van der Waals surface area contributed by atoms with Gasteiger partial charge in [0.25, 0.3) is 0 Å². The van der Waals surface area contributed by atoms with Gasteiger partial charge in [-0.05, 0) is 43.1 Å².